The summed E-state index contributed by atoms with van der Waals surface area (Å²) in [6, 6.07) is 17.6. The molecule has 110 valence electrons. The van der Waals surface area contributed by atoms with E-state index in [1.54, 1.807) is 0 Å². The Morgan fingerprint density at radius 3 is 2.48 bits per heavy atom. The zero-order valence-electron chi connectivity index (χ0n) is 12.8. The minimum atomic E-state index is 0.0983. The van der Waals surface area contributed by atoms with Crippen LogP contribution in [-0.2, 0) is 19.4 Å². The molecule has 1 aliphatic heterocycles. The fourth-order valence-corrected chi connectivity index (χ4v) is 3.09. The molecule has 0 spiro atoms. The first-order valence-electron chi connectivity index (χ1n) is 7.90. The number of benzene rings is 2. The van der Waals surface area contributed by atoms with Crippen molar-refractivity contribution in [3.8, 4) is 0 Å². The Hall–Kier alpha value is -1.64. The molecule has 0 saturated heterocycles. The molecule has 3 rings (SSSR count). The van der Waals surface area contributed by atoms with Crippen LogP contribution in [0, 0.1) is 0 Å². The first kappa shape index (κ1) is 14.3. The number of fused-ring (bicyclic) bond motifs is 1. The Labute approximate surface area is 127 Å². The van der Waals surface area contributed by atoms with Crippen LogP contribution in [0.25, 0.3) is 0 Å². The highest BCUT2D eigenvalue weighted by atomic mass is 15.1. The van der Waals surface area contributed by atoms with Crippen molar-refractivity contribution >= 4 is 0 Å². The van der Waals surface area contributed by atoms with Crippen molar-refractivity contribution in [1.29, 1.82) is 0 Å². The minimum absolute atomic E-state index is 0.0983. The van der Waals surface area contributed by atoms with E-state index in [9.17, 15) is 0 Å². The highest BCUT2D eigenvalue weighted by Crippen LogP contribution is 2.21. The molecular weight excluding hydrogens is 256 g/mol. The maximum Gasteiger partial charge on any atom is 0.0424 e. The predicted octanol–water partition coefficient (Wildman–Crippen LogP) is 3.31. The molecule has 0 radical (unpaired) electrons. The molecule has 21 heavy (non-hydrogen) atoms. The summed E-state index contributed by atoms with van der Waals surface area (Å²) in [6.07, 6.45) is 2.22. The van der Waals surface area contributed by atoms with Gasteiger partial charge in [-0.15, -0.1) is 0 Å². The van der Waals surface area contributed by atoms with Crippen LogP contribution in [0.15, 0.2) is 48.5 Å². The summed E-state index contributed by atoms with van der Waals surface area (Å²) in [5.41, 5.74) is 12.0. The number of hydrogen-bond donors (Lipinski definition) is 1. The number of nitrogens with two attached hydrogens (primary N) is 1. The van der Waals surface area contributed by atoms with E-state index < -0.39 is 0 Å². The van der Waals surface area contributed by atoms with Gasteiger partial charge < -0.3 is 5.73 Å². The monoisotopic (exact) mass is 280 g/mol. The summed E-state index contributed by atoms with van der Waals surface area (Å²) in [5, 5.41) is 0. The molecular formula is C19H24N2. The van der Waals surface area contributed by atoms with Crippen LogP contribution in [0.2, 0.25) is 0 Å². The second-order valence-corrected chi connectivity index (χ2v) is 5.96. The Bertz CT molecular complexity index is 589. The number of nitrogens with zero attached hydrogens (tertiary/aromatic N) is 1. The van der Waals surface area contributed by atoms with E-state index >= 15 is 0 Å². The first-order valence-corrected chi connectivity index (χ1v) is 7.90. The van der Waals surface area contributed by atoms with Crippen LogP contribution >= 0.6 is 0 Å². The molecule has 1 aliphatic rings. The van der Waals surface area contributed by atoms with Gasteiger partial charge in [-0.2, -0.15) is 0 Å². The van der Waals surface area contributed by atoms with Crippen molar-refractivity contribution in [3.63, 3.8) is 0 Å². The highest BCUT2D eigenvalue weighted by molar-refractivity contribution is 5.29. The van der Waals surface area contributed by atoms with E-state index in [-0.39, 0.29) is 6.04 Å². The average Bonchev–Trinajstić information content (AvgIpc) is 2.55. The molecule has 2 aromatic rings. The van der Waals surface area contributed by atoms with Crippen molar-refractivity contribution in [3.05, 3.63) is 70.8 Å². The van der Waals surface area contributed by atoms with Gasteiger partial charge >= 0.3 is 0 Å². The molecule has 2 N–H and O–H groups in total. The zero-order chi connectivity index (χ0) is 14.7. The van der Waals surface area contributed by atoms with Gasteiger partial charge in [0.05, 0.1) is 0 Å². The quantitative estimate of drug-likeness (QED) is 0.931. The standard InChI is InChI=1S/C19H24N2/c1-2-15-7-9-17(10-8-15)19(20)14-21-12-11-16-5-3-4-6-18(16)13-21/h3-10,19H,2,11-14,20H2,1H3. The van der Waals surface area contributed by atoms with Gasteiger partial charge in [-0.3, -0.25) is 4.90 Å². The van der Waals surface area contributed by atoms with Crippen molar-refractivity contribution in [2.24, 2.45) is 5.73 Å². The number of hydrogen-bond acceptors (Lipinski definition) is 2. The predicted molar refractivity (Wildman–Crippen MR) is 88.2 cm³/mol. The SMILES string of the molecule is CCc1ccc(C(N)CN2CCc3ccccc3C2)cc1. The van der Waals surface area contributed by atoms with Gasteiger partial charge in [-0.25, -0.2) is 0 Å². The van der Waals surface area contributed by atoms with Crippen molar-refractivity contribution in [2.45, 2.75) is 32.4 Å². The summed E-state index contributed by atoms with van der Waals surface area (Å²) >= 11 is 0. The van der Waals surface area contributed by atoms with E-state index in [0.717, 1.165) is 32.5 Å². The smallest absolute Gasteiger partial charge is 0.0424 e. The Kier molecular flexibility index (Phi) is 4.37. The molecule has 2 heteroatoms. The molecule has 2 aromatic carbocycles. The summed E-state index contributed by atoms with van der Waals surface area (Å²) in [4.78, 5) is 2.47. The van der Waals surface area contributed by atoms with Gasteiger partial charge in [0.1, 0.15) is 0 Å². The summed E-state index contributed by atoms with van der Waals surface area (Å²) in [6.45, 7) is 5.24. The Balaban J connectivity index is 1.64. The van der Waals surface area contributed by atoms with Crippen LogP contribution in [0.3, 0.4) is 0 Å². The lowest BCUT2D eigenvalue weighted by Gasteiger charge is -2.30. The molecule has 0 bridgehead atoms. The third-order valence-corrected chi connectivity index (χ3v) is 4.48. The third kappa shape index (κ3) is 3.34. The highest BCUT2D eigenvalue weighted by Gasteiger charge is 2.18. The molecule has 2 nitrogen and oxygen atoms in total. The normalized spacial score (nSPS) is 16.5. The van der Waals surface area contributed by atoms with E-state index in [2.05, 4.69) is 60.4 Å². The molecule has 0 amide bonds. The molecule has 0 fully saturated rings. The van der Waals surface area contributed by atoms with Gasteiger partial charge in [0.2, 0.25) is 0 Å². The molecule has 0 aromatic heterocycles. The molecule has 1 heterocycles. The maximum absolute atomic E-state index is 6.40. The maximum atomic E-state index is 6.40. The third-order valence-electron chi connectivity index (χ3n) is 4.48. The lowest BCUT2D eigenvalue weighted by Crippen LogP contribution is -2.36. The van der Waals surface area contributed by atoms with E-state index in [4.69, 9.17) is 5.73 Å². The molecule has 1 atom stereocenters. The Morgan fingerprint density at radius 1 is 1.05 bits per heavy atom. The van der Waals surface area contributed by atoms with E-state index in [0.29, 0.717) is 0 Å². The first-order chi connectivity index (χ1) is 10.3. The van der Waals surface area contributed by atoms with Crippen LogP contribution in [0.4, 0.5) is 0 Å². The second-order valence-electron chi connectivity index (χ2n) is 5.96. The molecule has 0 saturated carbocycles. The van der Waals surface area contributed by atoms with Gasteiger partial charge in [0.25, 0.3) is 0 Å². The van der Waals surface area contributed by atoms with E-state index in [1.165, 1.54) is 22.3 Å². The van der Waals surface area contributed by atoms with Gasteiger partial charge in [0, 0.05) is 25.7 Å². The average molecular weight is 280 g/mol. The summed E-state index contributed by atoms with van der Waals surface area (Å²) in [5.74, 6) is 0. The van der Waals surface area contributed by atoms with Crippen molar-refractivity contribution < 1.29 is 0 Å². The lowest BCUT2D eigenvalue weighted by atomic mass is 9.98. The molecule has 1 unspecified atom stereocenters. The van der Waals surface area contributed by atoms with Gasteiger partial charge in [-0.05, 0) is 35.1 Å². The van der Waals surface area contributed by atoms with E-state index in [1.807, 2.05) is 0 Å². The Morgan fingerprint density at radius 2 is 1.76 bits per heavy atom. The minimum Gasteiger partial charge on any atom is -0.323 e. The summed E-state index contributed by atoms with van der Waals surface area (Å²) < 4.78 is 0. The van der Waals surface area contributed by atoms with Gasteiger partial charge in [0.15, 0.2) is 0 Å². The van der Waals surface area contributed by atoms with Crippen LogP contribution in [0.5, 0.6) is 0 Å². The van der Waals surface area contributed by atoms with Gasteiger partial charge in [-0.1, -0.05) is 55.5 Å². The van der Waals surface area contributed by atoms with Crippen LogP contribution < -0.4 is 5.73 Å². The second kappa shape index (κ2) is 6.42. The number of aryl methyl sites for hydroxylation is 1. The van der Waals surface area contributed by atoms with Crippen LogP contribution in [-0.4, -0.2) is 18.0 Å². The lowest BCUT2D eigenvalue weighted by molar-refractivity contribution is 0.239. The fourth-order valence-electron chi connectivity index (χ4n) is 3.09. The summed E-state index contributed by atoms with van der Waals surface area (Å²) in [7, 11) is 0. The molecule has 0 aliphatic carbocycles. The number of rotatable bonds is 4. The largest absolute Gasteiger partial charge is 0.323 e. The van der Waals surface area contributed by atoms with Crippen molar-refractivity contribution in [1.82, 2.24) is 4.90 Å². The van der Waals surface area contributed by atoms with Crippen LogP contribution in [0.1, 0.15) is 35.2 Å². The van der Waals surface area contributed by atoms with Crippen molar-refractivity contribution in [2.75, 3.05) is 13.1 Å². The zero-order valence-corrected chi connectivity index (χ0v) is 12.8. The fraction of sp³-hybridized carbons (Fsp3) is 0.368. The topological polar surface area (TPSA) is 29.3 Å².